The van der Waals surface area contributed by atoms with E-state index in [0.29, 0.717) is 19.5 Å². The smallest absolute Gasteiger partial charge is 0.257 e. The van der Waals surface area contributed by atoms with E-state index in [1.54, 1.807) is 0 Å². The van der Waals surface area contributed by atoms with Crippen molar-refractivity contribution in [2.75, 3.05) is 26.2 Å². The third-order valence-corrected chi connectivity index (χ3v) is 4.03. The van der Waals surface area contributed by atoms with E-state index in [2.05, 4.69) is 16.3 Å². The molecule has 0 fully saturated rings. The number of amides is 1. The van der Waals surface area contributed by atoms with Gasteiger partial charge in [-0.3, -0.25) is 9.69 Å². The standard InChI is InChI=1S/C17H22F2N2O2/c1-2-15(12-5-4-8-21(11-12)9-10-22)20-17(23)16-13(18)6-3-7-14(16)19/h3,5-7,15,22H,2,4,8-11H2,1H3,(H,20,23)/t15-/m0/s1. The summed E-state index contributed by atoms with van der Waals surface area (Å²) < 4.78 is 27.4. The Bertz CT molecular complexity index is 570. The van der Waals surface area contributed by atoms with Gasteiger partial charge in [-0.05, 0) is 30.5 Å². The Morgan fingerprint density at radius 3 is 2.70 bits per heavy atom. The number of hydrogen-bond donors (Lipinski definition) is 2. The predicted molar refractivity (Wildman–Crippen MR) is 84.1 cm³/mol. The van der Waals surface area contributed by atoms with Gasteiger partial charge in [-0.2, -0.15) is 0 Å². The quantitative estimate of drug-likeness (QED) is 0.788. The van der Waals surface area contributed by atoms with Crippen LogP contribution < -0.4 is 5.32 Å². The molecule has 0 radical (unpaired) electrons. The normalized spacial score (nSPS) is 16.8. The first-order valence-corrected chi connectivity index (χ1v) is 7.83. The second kappa shape index (κ2) is 8.17. The zero-order chi connectivity index (χ0) is 16.8. The van der Waals surface area contributed by atoms with Crippen molar-refractivity contribution < 1.29 is 18.7 Å². The largest absolute Gasteiger partial charge is 0.395 e. The number of carbonyl (C=O) groups excluding carboxylic acids is 1. The minimum absolute atomic E-state index is 0.0802. The van der Waals surface area contributed by atoms with Gasteiger partial charge in [-0.1, -0.05) is 19.1 Å². The molecular formula is C17H22F2N2O2. The van der Waals surface area contributed by atoms with Crippen LogP contribution in [0.5, 0.6) is 0 Å². The minimum atomic E-state index is -0.864. The molecule has 0 unspecified atom stereocenters. The van der Waals surface area contributed by atoms with Crippen LogP contribution in [0.25, 0.3) is 0 Å². The van der Waals surface area contributed by atoms with E-state index in [9.17, 15) is 13.6 Å². The molecule has 0 bridgehead atoms. The first kappa shape index (κ1) is 17.6. The fourth-order valence-electron chi connectivity index (χ4n) is 2.82. The van der Waals surface area contributed by atoms with Crippen LogP contribution in [0, 0.1) is 11.6 Å². The molecule has 1 amide bonds. The molecule has 0 spiro atoms. The van der Waals surface area contributed by atoms with E-state index >= 15 is 0 Å². The average molecular weight is 324 g/mol. The zero-order valence-corrected chi connectivity index (χ0v) is 13.2. The number of hydrogen-bond acceptors (Lipinski definition) is 3. The molecule has 0 aromatic heterocycles. The Labute approximate surface area is 134 Å². The Morgan fingerprint density at radius 1 is 1.39 bits per heavy atom. The molecule has 2 rings (SSSR count). The number of nitrogens with zero attached hydrogens (tertiary/aromatic N) is 1. The maximum atomic E-state index is 13.7. The summed E-state index contributed by atoms with van der Waals surface area (Å²) in [4.78, 5) is 14.3. The van der Waals surface area contributed by atoms with Crippen LogP contribution in [0.1, 0.15) is 30.1 Å². The molecule has 1 aliphatic rings. The van der Waals surface area contributed by atoms with Crippen molar-refractivity contribution in [3.05, 3.63) is 47.0 Å². The molecule has 23 heavy (non-hydrogen) atoms. The van der Waals surface area contributed by atoms with Crippen molar-refractivity contribution in [3.63, 3.8) is 0 Å². The maximum absolute atomic E-state index is 13.7. The third-order valence-electron chi connectivity index (χ3n) is 4.03. The number of halogens is 2. The summed E-state index contributed by atoms with van der Waals surface area (Å²) in [6.45, 7) is 4.06. The van der Waals surface area contributed by atoms with Gasteiger partial charge < -0.3 is 10.4 Å². The van der Waals surface area contributed by atoms with Crippen LogP contribution >= 0.6 is 0 Å². The lowest BCUT2D eigenvalue weighted by Gasteiger charge is -2.31. The summed E-state index contributed by atoms with van der Waals surface area (Å²) in [5, 5.41) is 11.8. The van der Waals surface area contributed by atoms with Gasteiger partial charge in [0.15, 0.2) is 0 Å². The highest BCUT2D eigenvalue weighted by molar-refractivity contribution is 5.95. The van der Waals surface area contributed by atoms with Crippen molar-refractivity contribution in [1.29, 1.82) is 0 Å². The van der Waals surface area contributed by atoms with Crippen molar-refractivity contribution in [1.82, 2.24) is 10.2 Å². The van der Waals surface area contributed by atoms with E-state index in [1.807, 2.05) is 6.92 Å². The van der Waals surface area contributed by atoms with Gasteiger partial charge in [0, 0.05) is 19.6 Å². The highest BCUT2D eigenvalue weighted by Crippen LogP contribution is 2.17. The van der Waals surface area contributed by atoms with E-state index in [4.69, 9.17) is 5.11 Å². The lowest BCUT2D eigenvalue weighted by molar-refractivity contribution is 0.0930. The number of benzene rings is 1. The van der Waals surface area contributed by atoms with Crippen molar-refractivity contribution in [2.24, 2.45) is 0 Å². The van der Waals surface area contributed by atoms with E-state index < -0.39 is 23.1 Å². The number of β-amino-alcohol motifs (C(OH)–C–C–N with tert-alkyl or cyclic N) is 1. The van der Waals surface area contributed by atoms with Crippen LogP contribution in [-0.2, 0) is 0 Å². The summed E-state index contributed by atoms with van der Waals surface area (Å²) in [7, 11) is 0. The van der Waals surface area contributed by atoms with Crippen molar-refractivity contribution in [2.45, 2.75) is 25.8 Å². The lowest BCUT2D eigenvalue weighted by atomic mass is 9.99. The molecule has 126 valence electrons. The molecule has 1 aliphatic heterocycles. The van der Waals surface area contributed by atoms with Gasteiger partial charge in [0.2, 0.25) is 0 Å². The fraction of sp³-hybridized carbons (Fsp3) is 0.471. The minimum Gasteiger partial charge on any atom is -0.395 e. The van der Waals surface area contributed by atoms with Crippen LogP contribution in [0.15, 0.2) is 29.8 Å². The molecule has 6 heteroatoms. The third kappa shape index (κ3) is 4.36. The van der Waals surface area contributed by atoms with Crippen molar-refractivity contribution >= 4 is 5.91 Å². The van der Waals surface area contributed by atoms with Gasteiger partial charge >= 0.3 is 0 Å². The summed E-state index contributed by atoms with van der Waals surface area (Å²) >= 11 is 0. The van der Waals surface area contributed by atoms with E-state index in [0.717, 1.165) is 30.7 Å². The molecule has 0 aliphatic carbocycles. The average Bonchev–Trinajstić information content (AvgIpc) is 2.53. The Kier molecular flexibility index (Phi) is 6.24. The monoisotopic (exact) mass is 324 g/mol. The molecule has 0 saturated heterocycles. The molecular weight excluding hydrogens is 302 g/mol. The number of aliphatic hydroxyl groups excluding tert-OH is 1. The molecule has 2 N–H and O–H groups in total. The molecule has 4 nitrogen and oxygen atoms in total. The molecule has 1 aromatic rings. The highest BCUT2D eigenvalue weighted by atomic mass is 19.1. The number of carbonyl (C=O) groups is 1. The first-order valence-electron chi connectivity index (χ1n) is 7.83. The van der Waals surface area contributed by atoms with Crippen LogP contribution in [0.4, 0.5) is 8.78 Å². The lowest BCUT2D eigenvalue weighted by Crippen LogP contribution is -2.42. The summed E-state index contributed by atoms with van der Waals surface area (Å²) in [5.74, 6) is -2.47. The SMILES string of the molecule is CC[C@H](NC(=O)c1c(F)cccc1F)C1=CCCN(CCO)C1. The summed E-state index contributed by atoms with van der Waals surface area (Å²) in [6.07, 6.45) is 3.51. The van der Waals surface area contributed by atoms with Gasteiger partial charge in [-0.15, -0.1) is 0 Å². The van der Waals surface area contributed by atoms with Gasteiger partial charge in [-0.25, -0.2) is 8.78 Å². The molecule has 1 aromatic carbocycles. The number of aliphatic hydroxyl groups is 1. The second-order valence-electron chi connectivity index (χ2n) is 5.60. The second-order valence-corrected chi connectivity index (χ2v) is 5.60. The van der Waals surface area contributed by atoms with E-state index in [-0.39, 0.29) is 12.6 Å². The Hall–Kier alpha value is -1.79. The number of rotatable bonds is 6. The topological polar surface area (TPSA) is 52.6 Å². The van der Waals surface area contributed by atoms with Crippen LogP contribution in [-0.4, -0.2) is 48.2 Å². The molecule has 1 atom stereocenters. The number of nitrogens with one attached hydrogen (secondary N) is 1. The summed E-state index contributed by atoms with van der Waals surface area (Å²) in [6, 6.07) is 3.10. The van der Waals surface area contributed by atoms with Gasteiger partial charge in [0.05, 0.1) is 12.6 Å². The van der Waals surface area contributed by atoms with Gasteiger partial charge in [0.1, 0.15) is 17.2 Å². The molecule has 1 heterocycles. The predicted octanol–water partition coefficient (Wildman–Crippen LogP) is 2.10. The van der Waals surface area contributed by atoms with Crippen LogP contribution in [0.2, 0.25) is 0 Å². The van der Waals surface area contributed by atoms with Crippen molar-refractivity contribution in [3.8, 4) is 0 Å². The first-order chi connectivity index (χ1) is 11.1. The zero-order valence-electron chi connectivity index (χ0n) is 13.2. The fourth-order valence-corrected chi connectivity index (χ4v) is 2.82. The Balaban J connectivity index is 2.10. The van der Waals surface area contributed by atoms with E-state index in [1.165, 1.54) is 6.07 Å². The summed E-state index contributed by atoms with van der Waals surface area (Å²) in [5.41, 5.74) is 0.465. The highest BCUT2D eigenvalue weighted by Gasteiger charge is 2.23. The van der Waals surface area contributed by atoms with Crippen LogP contribution in [0.3, 0.4) is 0 Å². The Morgan fingerprint density at radius 2 is 2.09 bits per heavy atom. The van der Waals surface area contributed by atoms with Gasteiger partial charge in [0.25, 0.3) is 5.91 Å². The molecule has 0 saturated carbocycles. The maximum Gasteiger partial charge on any atom is 0.257 e.